The Bertz CT molecular complexity index is 1190. The van der Waals surface area contributed by atoms with Crippen molar-refractivity contribution in [1.82, 2.24) is 14.0 Å². The summed E-state index contributed by atoms with van der Waals surface area (Å²) >= 11 is 0. The number of benzene rings is 1. The number of imidazole rings is 1. The molecule has 5 heteroatoms. The lowest BCUT2D eigenvalue weighted by Crippen LogP contribution is -2.08. The van der Waals surface area contributed by atoms with Crippen molar-refractivity contribution in [3.8, 4) is 5.69 Å². The third-order valence-electron chi connectivity index (χ3n) is 5.38. The van der Waals surface area contributed by atoms with Gasteiger partial charge in [0.2, 0.25) is 0 Å². The third-order valence-corrected chi connectivity index (χ3v) is 5.38. The number of pyridine rings is 2. The lowest BCUT2D eigenvalue weighted by Gasteiger charge is -2.15. The number of nitrogens with one attached hydrogen (secondary N) is 1. The van der Waals surface area contributed by atoms with E-state index in [9.17, 15) is 4.79 Å². The second kappa shape index (κ2) is 7.00. The van der Waals surface area contributed by atoms with Crippen molar-refractivity contribution in [1.29, 1.82) is 0 Å². The second-order valence-corrected chi connectivity index (χ2v) is 7.25. The van der Waals surface area contributed by atoms with Crippen molar-refractivity contribution >= 4 is 11.3 Å². The van der Waals surface area contributed by atoms with Crippen LogP contribution in [-0.4, -0.2) is 14.0 Å². The summed E-state index contributed by atoms with van der Waals surface area (Å²) in [5, 5.41) is 3.59. The summed E-state index contributed by atoms with van der Waals surface area (Å²) in [5.74, 6) is 0. The molecule has 28 heavy (non-hydrogen) atoms. The molecule has 5 nitrogen and oxygen atoms in total. The molecular weight excluding hydrogens is 348 g/mol. The van der Waals surface area contributed by atoms with Gasteiger partial charge in [-0.1, -0.05) is 18.2 Å². The first kappa shape index (κ1) is 18.0. The zero-order valence-corrected chi connectivity index (χ0v) is 16.7. The monoisotopic (exact) mass is 372 g/mol. The highest BCUT2D eigenvalue weighted by Gasteiger charge is 2.12. The molecule has 0 aliphatic carbocycles. The molecule has 0 aliphatic rings. The minimum Gasteiger partial charge on any atom is -0.378 e. The number of nitrogens with zero attached hydrogens (tertiary/aromatic N) is 3. The van der Waals surface area contributed by atoms with Crippen molar-refractivity contribution in [2.45, 2.75) is 34.2 Å². The molecule has 4 aromatic rings. The fourth-order valence-corrected chi connectivity index (χ4v) is 3.52. The molecular formula is C23H24N4O. The summed E-state index contributed by atoms with van der Waals surface area (Å²) in [6.07, 6.45) is 5.63. The van der Waals surface area contributed by atoms with Crippen LogP contribution in [0.3, 0.4) is 0 Å². The van der Waals surface area contributed by atoms with Gasteiger partial charge in [-0.05, 0) is 50.5 Å². The molecule has 0 bridgehead atoms. The highest BCUT2D eigenvalue weighted by molar-refractivity contribution is 5.71. The maximum atomic E-state index is 11.5. The largest absolute Gasteiger partial charge is 0.378 e. The van der Waals surface area contributed by atoms with E-state index in [2.05, 4.69) is 61.0 Å². The molecule has 3 heterocycles. The first-order valence-electron chi connectivity index (χ1n) is 9.41. The van der Waals surface area contributed by atoms with Gasteiger partial charge in [-0.25, -0.2) is 4.98 Å². The van der Waals surface area contributed by atoms with Crippen molar-refractivity contribution in [3.05, 3.63) is 93.3 Å². The number of anilines is 1. The lowest BCUT2D eigenvalue weighted by atomic mass is 10.0. The second-order valence-electron chi connectivity index (χ2n) is 7.25. The Morgan fingerprint density at radius 1 is 1.00 bits per heavy atom. The first-order valence-corrected chi connectivity index (χ1v) is 9.41. The van der Waals surface area contributed by atoms with E-state index in [0.717, 1.165) is 35.0 Å². The maximum absolute atomic E-state index is 11.5. The fraction of sp³-hybridized carbons (Fsp3) is 0.217. The van der Waals surface area contributed by atoms with E-state index in [1.165, 1.54) is 16.7 Å². The zero-order chi connectivity index (χ0) is 19.8. The molecule has 4 rings (SSSR count). The summed E-state index contributed by atoms with van der Waals surface area (Å²) < 4.78 is 4.05. The smallest absolute Gasteiger partial charge is 0.181 e. The zero-order valence-electron chi connectivity index (χ0n) is 16.7. The van der Waals surface area contributed by atoms with Crippen LogP contribution in [0, 0.1) is 27.7 Å². The standard InChI is InChI=1S/C23H24N4O/c1-15-6-5-7-16(2)21(15)13-24-22-12-19(26-10-8-20(28)9-11-26)14-27-18(4)17(3)25-23(22)27/h5-12,14,24H,13H2,1-4H3. The van der Waals surface area contributed by atoms with Gasteiger partial charge in [-0.2, -0.15) is 0 Å². The van der Waals surface area contributed by atoms with Crippen LogP contribution in [0.15, 0.2) is 59.8 Å². The van der Waals surface area contributed by atoms with Crippen LogP contribution in [0.5, 0.6) is 0 Å². The number of aromatic nitrogens is 3. The number of aryl methyl sites for hydroxylation is 4. The van der Waals surface area contributed by atoms with Crippen molar-refractivity contribution in [3.63, 3.8) is 0 Å². The van der Waals surface area contributed by atoms with Crippen molar-refractivity contribution in [2.75, 3.05) is 5.32 Å². The van der Waals surface area contributed by atoms with Gasteiger partial charge in [0.1, 0.15) is 0 Å². The average Bonchev–Trinajstić information content (AvgIpc) is 2.96. The Kier molecular flexibility index (Phi) is 4.51. The van der Waals surface area contributed by atoms with E-state index in [0.29, 0.717) is 0 Å². The number of fused-ring (bicyclic) bond motifs is 1. The van der Waals surface area contributed by atoms with E-state index in [-0.39, 0.29) is 5.43 Å². The topological polar surface area (TPSA) is 51.3 Å². The van der Waals surface area contributed by atoms with Crippen molar-refractivity contribution in [2.24, 2.45) is 0 Å². The molecule has 0 atom stereocenters. The molecule has 0 amide bonds. The fourth-order valence-electron chi connectivity index (χ4n) is 3.52. The first-order chi connectivity index (χ1) is 13.4. The Balaban J connectivity index is 1.81. The summed E-state index contributed by atoms with van der Waals surface area (Å²) in [6.45, 7) is 9.10. The molecule has 0 radical (unpaired) electrons. The molecule has 0 saturated heterocycles. The quantitative estimate of drug-likeness (QED) is 0.580. The summed E-state index contributed by atoms with van der Waals surface area (Å²) in [6, 6.07) is 11.6. The van der Waals surface area contributed by atoms with E-state index >= 15 is 0 Å². The summed E-state index contributed by atoms with van der Waals surface area (Å²) in [7, 11) is 0. The maximum Gasteiger partial charge on any atom is 0.181 e. The number of rotatable bonds is 4. The summed E-state index contributed by atoms with van der Waals surface area (Å²) in [4.78, 5) is 16.2. The predicted octanol–water partition coefficient (Wildman–Crippen LogP) is 4.33. The molecule has 3 aromatic heterocycles. The average molecular weight is 372 g/mol. The molecule has 0 fully saturated rings. The van der Waals surface area contributed by atoms with Gasteiger partial charge in [0, 0.05) is 43.0 Å². The molecule has 0 unspecified atom stereocenters. The van der Waals surface area contributed by atoms with Crippen LogP contribution in [0.1, 0.15) is 28.1 Å². The van der Waals surface area contributed by atoms with Crippen LogP contribution in [-0.2, 0) is 6.54 Å². The molecule has 0 aliphatic heterocycles. The van der Waals surface area contributed by atoms with Crippen LogP contribution >= 0.6 is 0 Å². The molecule has 0 saturated carbocycles. The Morgan fingerprint density at radius 3 is 2.36 bits per heavy atom. The predicted molar refractivity (Wildman–Crippen MR) is 114 cm³/mol. The Labute approximate surface area is 164 Å². The van der Waals surface area contributed by atoms with E-state index in [4.69, 9.17) is 4.98 Å². The van der Waals surface area contributed by atoms with Crippen LogP contribution in [0.4, 0.5) is 5.69 Å². The molecule has 1 N–H and O–H groups in total. The van der Waals surface area contributed by atoms with E-state index in [1.54, 1.807) is 24.5 Å². The minimum atomic E-state index is 0.000334. The van der Waals surface area contributed by atoms with Gasteiger partial charge in [-0.3, -0.25) is 4.79 Å². The van der Waals surface area contributed by atoms with Gasteiger partial charge in [0.15, 0.2) is 11.1 Å². The molecule has 0 spiro atoms. The van der Waals surface area contributed by atoms with Gasteiger partial charge in [-0.15, -0.1) is 0 Å². The molecule has 142 valence electrons. The Morgan fingerprint density at radius 2 is 1.68 bits per heavy atom. The molecule has 1 aromatic carbocycles. The third kappa shape index (κ3) is 3.20. The number of hydrogen-bond acceptors (Lipinski definition) is 3. The van der Waals surface area contributed by atoms with E-state index in [1.807, 2.05) is 11.5 Å². The SMILES string of the molecule is Cc1cccc(C)c1CNc1cc(-n2ccc(=O)cc2)cn2c(C)c(C)nc12. The van der Waals surface area contributed by atoms with Gasteiger partial charge >= 0.3 is 0 Å². The highest BCUT2D eigenvalue weighted by Crippen LogP contribution is 2.25. The van der Waals surface area contributed by atoms with Gasteiger partial charge in [0.05, 0.1) is 17.1 Å². The van der Waals surface area contributed by atoms with Gasteiger partial charge < -0.3 is 14.3 Å². The van der Waals surface area contributed by atoms with Gasteiger partial charge in [0.25, 0.3) is 0 Å². The Hall–Kier alpha value is -3.34. The normalized spacial score (nSPS) is 11.1. The van der Waals surface area contributed by atoms with Crippen molar-refractivity contribution < 1.29 is 0 Å². The lowest BCUT2D eigenvalue weighted by molar-refractivity contribution is 0.991. The minimum absolute atomic E-state index is 0.000334. The van der Waals surface area contributed by atoms with Crippen LogP contribution in [0.2, 0.25) is 0 Å². The highest BCUT2D eigenvalue weighted by atomic mass is 16.1. The number of hydrogen-bond donors (Lipinski definition) is 1. The van der Waals surface area contributed by atoms with Crippen LogP contribution < -0.4 is 10.7 Å². The van der Waals surface area contributed by atoms with Crippen LogP contribution in [0.25, 0.3) is 11.3 Å². The summed E-state index contributed by atoms with van der Waals surface area (Å²) in [5.41, 5.74) is 8.81. The van der Waals surface area contributed by atoms with E-state index < -0.39 is 0 Å².